The standard InChI is InChI=1S/C9H7BrN2O3/c1-3-12-8-5(15-3)2-4(9(13)14)7(11)6(8)10/h2H,11H2,1H3,(H,13,14)/i2T. The Morgan fingerprint density at radius 3 is 3.07 bits per heavy atom. The summed E-state index contributed by atoms with van der Waals surface area (Å²) >= 11 is 3.15. The Labute approximate surface area is 94.4 Å². The fourth-order valence-electron chi connectivity index (χ4n) is 1.25. The van der Waals surface area contributed by atoms with Gasteiger partial charge in [0.05, 0.1) is 17.1 Å². The normalized spacial score (nSPS) is 11.7. The molecule has 15 heavy (non-hydrogen) atoms. The van der Waals surface area contributed by atoms with Crippen LogP contribution in [-0.4, -0.2) is 16.1 Å². The Kier molecular flexibility index (Phi) is 1.88. The number of rotatable bonds is 1. The minimum Gasteiger partial charge on any atom is -0.478 e. The highest BCUT2D eigenvalue weighted by molar-refractivity contribution is 9.10. The Balaban J connectivity index is 2.99. The predicted octanol–water partition coefficient (Wildman–Crippen LogP) is 2.18. The average Bonchev–Trinajstić information content (AvgIpc) is 2.57. The smallest absolute Gasteiger partial charge is 0.337 e. The van der Waals surface area contributed by atoms with Crippen LogP contribution in [0.2, 0.25) is 0 Å². The third-order valence-corrected chi connectivity index (χ3v) is 2.70. The molecule has 2 aromatic rings. The number of carboxylic acid groups (broad SMARTS) is 1. The van der Waals surface area contributed by atoms with Gasteiger partial charge in [0.1, 0.15) is 5.52 Å². The number of aryl methyl sites for hydroxylation is 1. The molecule has 0 saturated carbocycles. The third kappa shape index (κ3) is 1.46. The largest absolute Gasteiger partial charge is 0.478 e. The zero-order valence-electron chi connectivity index (χ0n) is 8.67. The number of hydrogen-bond donors (Lipinski definition) is 2. The summed E-state index contributed by atoms with van der Waals surface area (Å²) in [4.78, 5) is 15.0. The summed E-state index contributed by atoms with van der Waals surface area (Å²) in [6.45, 7) is 1.61. The van der Waals surface area contributed by atoms with Gasteiger partial charge in [-0.3, -0.25) is 0 Å². The van der Waals surface area contributed by atoms with E-state index in [-0.39, 0.29) is 22.9 Å². The maximum absolute atomic E-state index is 11.0. The first-order chi connectivity index (χ1) is 7.43. The van der Waals surface area contributed by atoms with Gasteiger partial charge in [-0.25, -0.2) is 9.78 Å². The molecule has 0 atom stereocenters. The molecule has 0 aliphatic rings. The molecule has 3 N–H and O–H groups in total. The summed E-state index contributed by atoms with van der Waals surface area (Å²) in [5.41, 5.74) is 5.82. The maximum atomic E-state index is 11.0. The SMILES string of the molecule is [3H]c1c(C(=O)O)c(N)c(Br)c2nc(C)oc12. The van der Waals surface area contributed by atoms with Gasteiger partial charge < -0.3 is 15.3 Å². The van der Waals surface area contributed by atoms with Crippen LogP contribution in [0.4, 0.5) is 5.69 Å². The second-order valence-corrected chi connectivity index (χ2v) is 3.74. The fourth-order valence-corrected chi connectivity index (χ4v) is 1.71. The first-order valence-electron chi connectivity index (χ1n) is 4.51. The molecule has 0 saturated heterocycles. The molecule has 0 unspecified atom stereocenters. The van der Waals surface area contributed by atoms with Crippen LogP contribution in [0.3, 0.4) is 0 Å². The highest BCUT2D eigenvalue weighted by Gasteiger charge is 2.17. The van der Waals surface area contributed by atoms with Crippen LogP contribution in [-0.2, 0) is 0 Å². The van der Waals surface area contributed by atoms with Crippen molar-refractivity contribution in [2.45, 2.75) is 6.92 Å². The summed E-state index contributed by atoms with van der Waals surface area (Å²) in [6.07, 6.45) is 0. The first-order valence-corrected chi connectivity index (χ1v) is 4.80. The van der Waals surface area contributed by atoms with Crippen LogP contribution in [0.1, 0.15) is 17.6 Å². The van der Waals surface area contributed by atoms with Crippen molar-refractivity contribution in [3.63, 3.8) is 0 Å². The van der Waals surface area contributed by atoms with Crippen molar-refractivity contribution >= 4 is 38.7 Å². The zero-order valence-corrected chi connectivity index (χ0v) is 9.25. The number of anilines is 1. The number of nitrogen functional groups attached to an aromatic ring is 1. The highest BCUT2D eigenvalue weighted by Crippen LogP contribution is 2.32. The molecule has 0 spiro atoms. The van der Waals surface area contributed by atoms with E-state index in [1.165, 1.54) is 0 Å². The number of nitrogens with two attached hydrogens (primary N) is 1. The van der Waals surface area contributed by atoms with E-state index < -0.39 is 5.97 Å². The molecule has 1 heterocycles. The van der Waals surface area contributed by atoms with Crippen LogP contribution < -0.4 is 5.73 Å². The molecule has 2 rings (SSSR count). The number of benzene rings is 1. The van der Waals surface area contributed by atoms with Crippen molar-refractivity contribution in [3.05, 3.63) is 22.0 Å². The van der Waals surface area contributed by atoms with Gasteiger partial charge in [-0.2, -0.15) is 0 Å². The second-order valence-electron chi connectivity index (χ2n) is 2.94. The topological polar surface area (TPSA) is 89.3 Å². The first kappa shape index (κ1) is 8.72. The lowest BCUT2D eigenvalue weighted by atomic mass is 10.1. The van der Waals surface area contributed by atoms with Crippen molar-refractivity contribution in [2.24, 2.45) is 0 Å². The minimum absolute atomic E-state index is 0.0155. The molecule has 0 aliphatic heterocycles. The average molecular weight is 273 g/mol. The van der Waals surface area contributed by atoms with Crippen LogP contribution in [0.5, 0.6) is 0 Å². The summed E-state index contributed by atoms with van der Waals surface area (Å²) in [6, 6.07) is -0.260. The Morgan fingerprint density at radius 2 is 2.47 bits per heavy atom. The lowest BCUT2D eigenvalue weighted by Crippen LogP contribution is -2.03. The zero-order chi connectivity index (χ0) is 12.0. The molecule has 0 fully saturated rings. The van der Waals surface area contributed by atoms with Crippen LogP contribution >= 0.6 is 15.9 Å². The quantitative estimate of drug-likeness (QED) is 0.777. The highest BCUT2D eigenvalue weighted by atomic mass is 79.9. The van der Waals surface area contributed by atoms with Gasteiger partial charge in [0.15, 0.2) is 11.5 Å². The lowest BCUT2D eigenvalue weighted by Gasteiger charge is -2.02. The molecular weight excluding hydrogens is 264 g/mol. The van der Waals surface area contributed by atoms with Gasteiger partial charge in [-0.1, -0.05) is 0 Å². The summed E-state index contributed by atoms with van der Waals surface area (Å²) in [7, 11) is 0. The monoisotopic (exact) mass is 272 g/mol. The molecule has 78 valence electrons. The number of nitrogens with zero attached hydrogens (tertiary/aromatic N) is 1. The van der Waals surface area contributed by atoms with Crippen LogP contribution in [0.15, 0.2) is 14.9 Å². The molecule has 0 amide bonds. The molecule has 0 aliphatic carbocycles. The van der Waals surface area contributed by atoms with E-state index in [4.69, 9.17) is 16.6 Å². The van der Waals surface area contributed by atoms with Gasteiger partial charge in [-0.05, 0) is 22.0 Å². The van der Waals surface area contributed by atoms with E-state index in [1.54, 1.807) is 6.92 Å². The molecule has 5 nitrogen and oxygen atoms in total. The maximum Gasteiger partial charge on any atom is 0.337 e. The summed E-state index contributed by atoms with van der Waals surface area (Å²) < 4.78 is 13.2. The van der Waals surface area contributed by atoms with Gasteiger partial charge in [0.25, 0.3) is 0 Å². The van der Waals surface area contributed by atoms with Crippen molar-refractivity contribution in [1.29, 1.82) is 0 Å². The van der Waals surface area contributed by atoms with E-state index in [0.717, 1.165) is 0 Å². The van der Waals surface area contributed by atoms with Crippen LogP contribution in [0.25, 0.3) is 11.1 Å². The van der Waals surface area contributed by atoms with Crippen molar-refractivity contribution in [3.8, 4) is 0 Å². The van der Waals surface area contributed by atoms with Crippen LogP contribution in [0, 0.1) is 6.92 Å². The van der Waals surface area contributed by atoms with Gasteiger partial charge in [0, 0.05) is 6.92 Å². The summed E-state index contributed by atoms with van der Waals surface area (Å²) in [5, 5.41) is 8.95. The van der Waals surface area contributed by atoms with Crippen molar-refractivity contribution in [2.75, 3.05) is 5.73 Å². The lowest BCUT2D eigenvalue weighted by molar-refractivity contribution is 0.0698. The number of oxazole rings is 1. The Hall–Kier alpha value is -1.56. The van der Waals surface area contributed by atoms with Gasteiger partial charge >= 0.3 is 5.97 Å². The molecule has 0 bridgehead atoms. The Bertz CT molecular complexity index is 609. The number of aromatic nitrogens is 1. The van der Waals surface area contributed by atoms with Gasteiger partial charge in [0.2, 0.25) is 0 Å². The van der Waals surface area contributed by atoms with Crippen molar-refractivity contribution < 1.29 is 15.7 Å². The number of carbonyl (C=O) groups is 1. The third-order valence-electron chi connectivity index (χ3n) is 1.90. The van der Waals surface area contributed by atoms with E-state index in [9.17, 15) is 4.79 Å². The van der Waals surface area contributed by atoms with E-state index in [2.05, 4.69) is 20.9 Å². The fraction of sp³-hybridized carbons (Fsp3) is 0.111. The molecule has 6 heteroatoms. The van der Waals surface area contributed by atoms with E-state index in [1.807, 2.05) is 0 Å². The minimum atomic E-state index is -1.26. The predicted molar refractivity (Wildman–Crippen MR) is 57.8 cm³/mol. The molecular formula is C9H7BrN2O3. The number of halogens is 1. The number of hydrogen-bond acceptors (Lipinski definition) is 4. The molecule has 0 radical (unpaired) electrons. The number of fused-ring (bicyclic) bond motifs is 1. The van der Waals surface area contributed by atoms with Gasteiger partial charge in [-0.15, -0.1) is 0 Å². The number of aromatic carboxylic acids is 1. The number of carboxylic acids is 1. The molecule has 1 aromatic carbocycles. The Morgan fingerprint density at radius 1 is 1.80 bits per heavy atom. The van der Waals surface area contributed by atoms with E-state index in [0.29, 0.717) is 15.9 Å². The van der Waals surface area contributed by atoms with Crippen molar-refractivity contribution in [1.82, 2.24) is 4.98 Å². The second kappa shape index (κ2) is 3.23. The summed E-state index contributed by atoms with van der Waals surface area (Å²) in [5.74, 6) is -0.912. The molecule has 1 aromatic heterocycles. The van der Waals surface area contributed by atoms with E-state index >= 15 is 0 Å².